The van der Waals surface area contributed by atoms with Gasteiger partial charge >= 0.3 is 0 Å². The number of amidine groups is 1. The maximum atomic E-state index is 7.57. The fourth-order valence-electron chi connectivity index (χ4n) is 2.93. The summed E-state index contributed by atoms with van der Waals surface area (Å²) < 4.78 is 0. The molecule has 0 saturated carbocycles. The number of anilines is 1. The first-order chi connectivity index (χ1) is 12.7. The van der Waals surface area contributed by atoms with Crippen molar-refractivity contribution in [2.45, 2.75) is 0 Å². The van der Waals surface area contributed by atoms with Crippen LogP contribution >= 0.6 is 0 Å². The monoisotopic (exact) mass is 354 g/mol. The van der Waals surface area contributed by atoms with Crippen molar-refractivity contribution in [2.75, 3.05) is 51.2 Å². The zero-order valence-electron chi connectivity index (χ0n) is 15.1. The summed E-state index contributed by atoms with van der Waals surface area (Å²) in [5, 5.41) is 10.3. The van der Waals surface area contributed by atoms with E-state index in [1.807, 2.05) is 18.2 Å². The van der Waals surface area contributed by atoms with Crippen LogP contribution in [0.1, 0.15) is 5.82 Å². The summed E-state index contributed by atoms with van der Waals surface area (Å²) in [7, 11) is 1.71. The molecule has 26 heavy (non-hydrogen) atoms. The third-order valence-electron chi connectivity index (χ3n) is 4.42. The normalized spacial score (nSPS) is 15.5. The van der Waals surface area contributed by atoms with E-state index in [1.54, 1.807) is 25.4 Å². The summed E-state index contributed by atoms with van der Waals surface area (Å²) in [5.74, 6) is 2.01. The zero-order chi connectivity index (χ0) is 18.4. The van der Waals surface area contributed by atoms with E-state index >= 15 is 0 Å². The van der Waals surface area contributed by atoms with E-state index in [-0.39, 0.29) is 0 Å². The van der Waals surface area contributed by atoms with Gasteiger partial charge in [0.05, 0.1) is 17.6 Å². The SMILES string of the molecule is CNC(=N)/C=C\c1ncc(-c2cccc(N3CCN(CCN)CC3)n2)[nH]1. The quantitative estimate of drug-likeness (QED) is 0.450. The summed E-state index contributed by atoms with van der Waals surface area (Å²) in [4.78, 5) is 17.1. The molecule has 2 aromatic rings. The average Bonchev–Trinajstić information content (AvgIpc) is 3.16. The van der Waals surface area contributed by atoms with Gasteiger partial charge in [-0.1, -0.05) is 6.07 Å². The van der Waals surface area contributed by atoms with Gasteiger partial charge in [0.1, 0.15) is 17.5 Å². The Bertz CT molecular complexity index is 758. The van der Waals surface area contributed by atoms with Crippen LogP contribution in [0.15, 0.2) is 30.5 Å². The Kier molecular flexibility index (Phi) is 5.98. The summed E-state index contributed by atoms with van der Waals surface area (Å²) in [6.07, 6.45) is 5.20. The molecule has 1 fully saturated rings. The molecule has 0 unspecified atom stereocenters. The maximum absolute atomic E-state index is 7.57. The van der Waals surface area contributed by atoms with Gasteiger partial charge in [-0.3, -0.25) is 10.3 Å². The van der Waals surface area contributed by atoms with Gasteiger partial charge < -0.3 is 20.9 Å². The first-order valence-electron chi connectivity index (χ1n) is 8.84. The van der Waals surface area contributed by atoms with Crippen molar-refractivity contribution in [3.63, 3.8) is 0 Å². The van der Waals surface area contributed by atoms with Crippen LogP contribution in [-0.2, 0) is 0 Å². The minimum atomic E-state index is 0.330. The third kappa shape index (κ3) is 4.47. The second-order valence-electron chi connectivity index (χ2n) is 6.18. The third-order valence-corrected chi connectivity index (χ3v) is 4.42. The van der Waals surface area contributed by atoms with Gasteiger partial charge in [-0.15, -0.1) is 0 Å². The summed E-state index contributed by atoms with van der Waals surface area (Å²) in [6, 6.07) is 6.05. The Morgan fingerprint density at radius 1 is 1.35 bits per heavy atom. The van der Waals surface area contributed by atoms with E-state index in [9.17, 15) is 0 Å². The van der Waals surface area contributed by atoms with Crippen LogP contribution in [0, 0.1) is 5.41 Å². The smallest absolute Gasteiger partial charge is 0.130 e. The van der Waals surface area contributed by atoms with Crippen LogP contribution in [0.5, 0.6) is 0 Å². The fraction of sp³-hybridized carbons (Fsp3) is 0.389. The van der Waals surface area contributed by atoms with Gasteiger partial charge in [0.2, 0.25) is 0 Å². The molecule has 8 nitrogen and oxygen atoms in total. The minimum Gasteiger partial charge on any atom is -0.374 e. The van der Waals surface area contributed by atoms with E-state index in [0.717, 1.165) is 49.9 Å². The molecule has 0 radical (unpaired) electrons. The Labute approximate surface area is 153 Å². The van der Waals surface area contributed by atoms with E-state index in [0.29, 0.717) is 18.2 Å². The maximum Gasteiger partial charge on any atom is 0.130 e. The number of rotatable bonds is 6. The molecular formula is C18H26N8. The molecule has 0 aromatic carbocycles. The number of likely N-dealkylation sites (N-methyl/N-ethyl adjacent to an activating group) is 1. The van der Waals surface area contributed by atoms with Gasteiger partial charge in [0.25, 0.3) is 0 Å². The Hall–Kier alpha value is -2.71. The Morgan fingerprint density at radius 3 is 2.88 bits per heavy atom. The van der Waals surface area contributed by atoms with Crippen molar-refractivity contribution >= 4 is 17.7 Å². The van der Waals surface area contributed by atoms with E-state index in [4.69, 9.17) is 16.1 Å². The molecule has 3 rings (SSSR count). The second-order valence-corrected chi connectivity index (χ2v) is 6.18. The summed E-state index contributed by atoms with van der Waals surface area (Å²) in [6.45, 7) is 5.60. The van der Waals surface area contributed by atoms with Crippen molar-refractivity contribution in [3.8, 4) is 11.4 Å². The molecule has 0 spiro atoms. The highest BCUT2D eigenvalue weighted by atomic mass is 15.3. The van der Waals surface area contributed by atoms with E-state index in [1.165, 1.54) is 0 Å². The summed E-state index contributed by atoms with van der Waals surface area (Å²) >= 11 is 0. The van der Waals surface area contributed by atoms with E-state index in [2.05, 4.69) is 25.1 Å². The molecule has 0 atom stereocenters. The lowest BCUT2D eigenvalue weighted by Gasteiger charge is -2.35. The summed E-state index contributed by atoms with van der Waals surface area (Å²) in [5.41, 5.74) is 7.37. The zero-order valence-corrected chi connectivity index (χ0v) is 15.1. The molecule has 0 aliphatic carbocycles. The van der Waals surface area contributed by atoms with Crippen molar-refractivity contribution in [1.82, 2.24) is 25.2 Å². The van der Waals surface area contributed by atoms with Crippen LogP contribution in [-0.4, -0.2) is 72.0 Å². The first-order valence-corrected chi connectivity index (χ1v) is 8.84. The molecule has 0 amide bonds. The van der Waals surface area contributed by atoms with Crippen molar-refractivity contribution in [3.05, 3.63) is 36.3 Å². The molecule has 0 bridgehead atoms. The second kappa shape index (κ2) is 8.59. The van der Waals surface area contributed by atoms with Crippen LogP contribution in [0.4, 0.5) is 5.82 Å². The van der Waals surface area contributed by atoms with Gasteiger partial charge in [-0.25, -0.2) is 9.97 Å². The van der Waals surface area contributed by atoms with Crippen molar-refractivity contribution in [1.29, 1.82) is 5.41 Å². The van der Waals surface area contributed by atoms with Gasteiger partial charge in [0, 0.05) is 46.3 Å². The standard InChI is InChI=1S/C18H26N8/c1-21-16(20)5-6-17-22-13-15(23-17)14-3-2-4-18(24-14)26-11-9-25(8-7-19)10-12-26/h2-6,13H,7-12,19H2,1H3,(H2,20,21)(H,22,23)/b6-5-. The average molecular weight is 354 g/mol. The number of nitrogens with zero attached hydrogens (tertiary/aromatic N) is 4. The predicted octanol–water partition coefficient (Wildman–Crippen LogP) is 0.762. The molecule has 1 aliphatic heterocycles. The molecule has 5 N–H and O–H groups in total. The molecule has 1 aliphatic rings. The van der Waals surface area contributed by atoms with Gasteiger partial charge in [0.15, 0.2) is 0 Å². The van der Waals surface area contributed by atoms with Gasteiger partial charge in [-0.05, 0) is 24.3 Å². The number of hydrogen-bond donors (Lipinski definition) is 4. The lowest BCUT2D eigenvalue weighted by Crippen LogP contribution is -2.48. The van der Waals surface area contributed by atoms with Crippen molar-refractivity contribution < 1.29 is 0 Å². The highest BCUT2D eigenvalue weighted by Crippen LogP contribution is 2.20. The molecule has 1 saturated heterocycles. The molecule has 138 valence electrons. The Balaban J connectivity index is 1.69. The topological polar surface area (TPSA) is 110 Å². The highest BCUT2D eigenvalue weighted by molar-refractivity contribution is 5.93. The van der Waals surface area contributed by atoms with Crippen LogP contribution in [0.25, 0.3) is 17.5 Å². The fourth-order valence-corrected chi connectivity index (χ4v) is 2.93. The van der Waals surface area contributed by atoms with E-state index < -0.39 is 0 Å². The van der Waals surface area contributed by atoms with Crippen LogP contribution < -0.4 is 16.0 Å². The first kappa shape index (κ1) is 18.1. The molecule has 3 heterocycles. The minimum absolute atomic E-state index is 0.330. The number of aromatic nitrogens is 3. The number of aromatic amines is 1. The highest BCUT2D eigenvalue weighted by Gasteiger charge is 2.17. The molecule has 2 aromatic heterocycles. The van der Waals surface area contributed by atoms with Gasteiger partial charge in [-0.2, -0.15) is 0 Å². The van der Waals surface area contributed by atoms with Crippen molar-refractivity contribution in [2.24, 2.45) is 5.73 Å². The Morgan fingerprint density at radius 2 is 2.15 bits per heavy atom. The molecular weight excluding hydrogens is 328 g/mol. The number of nitrogens with one attached hydrogen (secondary N) is 3. The number of piperazine rings is 1. The number of nitrogens with two attached hydrogens (primary N) is 1. The lowest BCUT2D eigenvalue weighted by molar-refractivity contribution is 0.264. The molecule has 8 heteroatoms. The number of hydrogen-bond acceptors (Lipinski definition) is 6. The van der Waals surface area contributed by atoms with Crippen LogP contribution in [0.3, 0.4) is 0 Å². The number of imidazole rings is 1. The largest absolute Gasteiger partial charge is 0.374 e. The predicted molar refractivity (Wildman–Crippen MR) is 105 cm³/mol. The lowest BCUT2D eigenvalue weighted by atomic mass is 10.2. The van der Waals surface area contributed by atoms with Crippen LogP contribution in [0.2, 0.25) is 0 Å². The number of pyridine rings is 1. The number of H-pyrrole nitrogens is 1.